The second-order valence-corrected chi connectivity index (χ2v) is 4.91. The average Bonchev–Trinajstić information content (AvgIpc) is 2.53. The number of amides is 3. The van der Waals surface area contributed by atoms with Crippen LogP contribution in [0, 0.1) is 11.8 Å². The Bertz CT molecular complexity index is 356. The first-order valence-electron chi connectivity index (χ1n) is 5.28. The molecule has 2 heterocycles. The molecule has 1 N–H and O–H groups in total. The van der Waals surface area contributed by atoms with Crippen molar-refractivity contribution in [1.82, 2.24) is 10.2 Å². The fraction of sp³-hybridized carbons (Fsp3) is 0.700. The quantitative estimate of drug-likeness (QED) is 0.510. The third kappa shape index (κ3) is 1.80. The highest BCUT2D eigenvalue weighted by molar-refractivity contribution is 6.30. The van der Waals surface area contributed by atoms with Crippen molar-refractivity contribution in [2.24, 2.45) is 11.8 Å². The number of alkyl halides is 1. The zero-order valence-electron chi connectivity index (χ0n) is 8.90. The van der Waals surface area contributed by atoms with Gasteiger partial charge in [-0.25, -0.2) is 0 Å². The van der Waals surface area contributed by atoms with Gasteiger partial charge in [-0.15, -0.1) is 11.6 Å². The van der Waals surface area contributed by atoms with Crippen molar-refractivity contribution in [1.29, 1.82) is 0 Å². The van der Waals surface area contributed by atoms with Gasteiger partial charge in [0, 0.05) is 13.1 Å². The summed E-state index contributed by atoms with van der Waals surface area (Å²) in [4.78, 5) is 36.0. The van der Waals surface area contributed by atoms with Crippen LogP contribution in [-0.2, 0) is 14.4 Å². The molecule has 0 aliphatic carbocycles. The molecule has 0 unspecified atom stereocenters. The molecule has 88 valence electrons. The second kappa shape index (κ2) is 4.05. The van der Waals surface area contributed by atoms with E-state index in [0.717, 1.165) is 0 Å². The number of nitrogens with one attached hydrogen (secondary N) is 1. The molecule has 0 radical (unpaired) electrons. The van der Waals surface area contributed by atoms with E-state index in [-0.39, 0.29) is 29.6 Å². The molecular weight excluding hydrogens is 232 g/mol. The van der Waals surface area contributed by atoms with Crippen molar-refractivity contribution < 1.29 is 14.4 Å². The Balaban J connectivity index is 2.08. The lowest BCUT2D eigenvalue weighted by Gasteiger charge is -2.33. The fourth-order valence-electron chi connectivity index (χ4n) is 2.29. The van der Waals surface area contributed by atoms with Crippen molar-refractivity contribution in [2.75, 3.05) is 13.1 Å². The lowest BCUT2D eigenvalue weighted by atomic mass is 9.87. The van der Waals surface area contributed by atoms with Gasteiger partial charge in [-0.05, 0) is 13.3 Å². The number of likely N-dealkylation sites (tertiary alicyclic amines) is 1. The lowest BCUT2D eigenvalue weighted by Crippen LogP contribution is -2.47. The topological polar surface area (TPSA) is 66.5 Å². The average molecular weight is 245 g/mol. The van der Waals surface area contributed by atoms with Crippen LogP contribution in [0.25, 0.3) is 0 Å². The summed E-state index contributed by atoms with van der Waals surface area (Å²) in [5, 5.41) is 1.71. The first kappa shape index (κ1) is 11.4. The number of nitrogens with zero attached hydrogens (tertiary/aromatic N) is 1. The third-order valence-corrected chi connectivity index (χ3v) is 3.37. The van der Waals surface area contributed by atoms with Gasteiger partial charge < -0.3 is 4.90 Å². The molecule has 2 aliphatic rings. The molecule has 0 aromatic carbocycles. The summed E-state index contributed by atoms with van der Waals surface area (Å²) in [6.07, 6.45) is 0.539. The highest BCUT2D eigenvalue weighted by atomic mass is 35.5. The Labute approximate surface area is 98.1 Å². The molecule has 0 aromatic rings. The van der Waals surface area contributed by atoms with Crippen LogP contribution in [0.2, 0.25) is 0 Å². The predicted molar refractivity (Wildman–Crippen MR) is 56.6 cm³/mol. The summed E-state index contributed by atoms with van der Waals surface area (Å²) in [6.45, 7) is 2.41. The van der Waals surface area contributed by atoms with Gasteiger partial charge in [-0.1, -0.05) is 0 Å². The number of halogens is 1. The summed E-state index contributed by atoms with van der Waals surface area (Å²) in [5.74, 6) is -1.30. The molecule has 3 atom stereocenters. The number of carbonyl (C=O) groups is 3. The summed E-state index contributed by atoms with van der Waals surface area (Å²) >= 11 is 5.71. The van der Waals surface area contributed by atoms with Crippen LogP contribution in [0.15, 0.2) is 0 Å². The van der Waals surface area contributed by atoms with Gasteiger partial charge in [-0.3, -0.25) is 19.7 Å². The van der Waals surface area contributed by atoms with Crippen LogP contribution < -0.4 is 5.32 Å². The van der Waals surface area contributed by atoms with Gasteiger partial charge in [0.1, 0.15) is 5.38 Å². The van der Waals surface area contributed by atoms with E-state index < -0.39 is 5.38 Å². The third-order valence-electron chi connectivity index (χ3n) is 3.18. The molecule has 0 saturated carbocycles. The van der Waals surface area contributed by atoms with Crippen LogP contribution in [-0.4, -0.2) is 41.1 Å². The minimum atomic E-state index is -0.586. The molecule has 3 amide bonds. The van der Waals surface area contributed by atoms with E-state index in [1.54, 1.807) is 11.8 Å². The van der Waals surface area contributed by atoms with Crippen molar-refractivity contribution in [2.45, 2.75) is 18.7 Å². The maximum Gasteiger partial charge on any atom is 0.240 e. The molecular formula is C10H13ClN2O3. The first-order chi connectivity index (χ1) is 7.50. The minimum absolute atomic E-state index is 0.174. The van der Waals surface area contributed by atoms with Gasteiger partial charge in [0.15, 0.2) is 0 Å². The SMILES string of the molecule is C[C@H](Cl)C(=O)N1CC[C@@H]2C(=O)NC(=O)[C@@H]2C1. The zero-order valence-corrected chi connectivity index (χ0v) is 9.66. The number of rotatable bonds is 1. The van der Waals surface area contributed by atoms with Crippen LogP contribution in [0.4, 0.5) is 0 Å². The molecule has 0 aromatic heterocycles. The number of imide groups is 1. The molecule has 0 spiro atoms. The van der Waals surface area contributed by atoms with Crippen molar-refractivity contribution >= 4 is 29.3 Å². The molecule has 0 bridgehead atoms. The van der Waals surface area contributed by atoms with Gasteiger partial charge >= 0.3 is 0 Å². The molecule has 16 heavy (non-hydrogen) atoms. The molecule has 2 rings (SSSR count). The van der Waals surface area contributed by atoms with Crippen molar-refractivity contribution in [3.8, 4) is 0 Å². The Morgan fingerprint density at radius 2 is 2.06 bits per heavy atom. The Kier molecular flexibility index (Phi) is 2.88. The summed E-state index contributed by atoms with van der Waals surface area (Å²) in [7, 11) is 0. The number of carbonyl (C=O) groups excluding carboxylic acids is 3. The Morgan fingerprint density at radius 3 is 2.69 bits per heavy atom. The van der Waals surface area contributed by atoms with Crippen LogP contribution >= 0.6 is 11.6 Å². The monoisotopic (exact) mass is 244 g/mol. The minimum Gasteiger partial charge on any atom is -0.341 e. The first-order valence-corrected chi connectivity index (χ1v) is 5.72. The largest absolute Gasteiger partial charge is 0.341 e. The fourth-order valence-corrected chi connectivity index (χ4v) is 2.43. The van der Waals surface area contributed by atoms with Crippen LogP contribution in [0.1, 0.15) is 13.3 Å². The van der Waals surface area contributed by atoms with E-state index in [2.05, 4.69) is 5.32 Å². The molecule has 2 aliphatic heterocycles. The Morgan fingerprint density at radius 1 is 1.44 bits per heavy atom. The summed E-state index contributed by atoms with van der Waals surface area (Å²) in [6, 6.07) is 0. The smallest absolute Gasteiger partial charge is 0.240 e. The molecule has 2 saturated heterocycles. The van der Waals surface area contributed by atoms with Gasteiger partial charge in [-0.2, -0.15) is 0 Å². The predicted octanol–water partition coefficient (Wildman–Crippen LogP) is -0.265. The second-order valence-electron chi connectivity index (χ2n) is 4.26. The molecule has 2 fully saturated rings. The highest BCUT2D eigenvalue weighted by Crippen LogP contribution is 2.28. The Hall–Kier alpha value is -1.10. The summed E-state index contributed by atoms with van der Waals surface area (Å²) < 4.78 is 0. The maximum absolute atomic E-state index is 11.7. The van der Waals surface area contributed by atoms with Gasteiger partial charge in [0.2, 0.25) is 17.7 Å². The molecule has 5 nitrogen and oxygen atoms in total. The van der Waals surface area contributed by atoms with E-state index in [1.807, 2.05) is 0 Å². The zero-order chi connectivity index (χ0) is 11.9. The van der Waals surface area contributed by atoms with Crippen LogP contribution in [0.3, 0.4) is 0 Å². The maximum atomic E-state index is 11.7. The number of hydrogen-bond acceptors (Lipinski definition) is 3. The lowest BCUT2D eigenvalue weighted by molar-refractivity contribution is -0.135. The van der Waals surface area contributed by atoms with Crippen molar-refractivity contribution in [3.63, 3.8) is 0 Å². The number of hydrogen-bond donors (Lipinski definition) is 1. The van der Waals surface area contributed by atoms with Crippen molar-refractivity contribution in [3.05, 3.63) is 0 Å². The van der Waals surface area contributed by atoms with Gasteiger partial charge in [0.05, 0.1) is 11.8 Å². The summed E-state index contributed by atoms with van der Waals surface area (Å²) in [5.41, 5.74) is 0. The number of fused-ring (bicyclic) bond motifs is 1. The standard InChI is InChI=1S/C10H13ClN2O3/c1-5(11)10(16)13-3-2-6-7(4-13)9(15)12-8(6)14/h5-7H,2-4H2,1H3,(H,12,14,15)/t5-,6-,7+/m0/s1. The normalized spacial score (nSPS) is 31.0. The molecule has 6 heteroatoms. The number of piperidine rings is 1. The van der Waals surface area contributed by atoms with E-state index in [1.165, 1.54) is 0 Å². The highest BCUT2D eigenvalue weighted by Gasteiger charge is 2.45. The van der Waals surface area contributed by atoms with Crippen LogP contribution in [0.5, 0.6) is 0 Å². The van der Waals surface area contributed by atoms with E-state index in [4.69, 9.17) is 11.6 Å². The van der Waals surface area contributed by atoms with Gasteiger partial charge in [0.25, 0.3) is 0 Å². The van der Waals surface area contributed by atoms with E-state index in [0.29, 0.717) is 19.5 Å². The van der Waals surface area contributed by atoms with E-state index >= 15 is 0 Å². The van der Waals surface area contributed by atoms with E-state index in [9.17, 15) is 14.4 Å².